The maximum atomic E-state index is 11.7. The highest BCUT2D eigenvalue weighted by molar-refractivity contribution is 6.07. The van der Waals surface area contributed by atoms with E-state index in [1.165, 1.54) is 24.8 Å². The van der Waals surface area contributed by atoms with Gasteiger partial charge in [0.1, 0.15) is 12.2 Å². The highest BCUT2D eigenvalue weighted by atomic mass is 16.6. The van der Waals surface area contributed by atoms with Crippen molar-refractivity contribution in [2.24, 2.45) is 0 Å². The van der Waals surface area contributed by atoms with Gasteiger partial charge in [-0.15, -0.1) is 0 Å². The Hall–Kier alpha value is -3.20. The van der Waals surface area contributed by atoms with Crippen molar-refractivity contribution in [2.75, 3.05) is 13.7 Å². The summed E-state index contributed by atoms with van der Waals surface area (Å²) >= 11 is 0. The minimum absolute atomic E-state index is 0.0493. The number of rotatable bonds is 7. The Kier molecular flexibility index (Phi) is 5.50. The zero-order valence-electron chi connectivity index (χ0n) is 13.6. The lowest BCUT2D eigenvalue weighted by Gasteiger charge is -2.12. The van der Waals surface area contributed by atoms with Crippen LogP contribution < -0.4 is 0 Å². The van der Waals surface area contributed by atoms with Gasteiger partial charge in [-0.2, -0.15) is 0 Å². The van der Waals surface area contributed by atoms with Crippen LogP contribution in [-0.4, -0.2) is 51.4 Å². The summed E-state index contributed by atoms with van der Waals surface area (Å²) < 4.78 is 11.0. The number of ether oxygens (including phenoxy) is 2. The minimum Gasteiger partial charge on any atom is -0.478 e. The van der Waals surface area contributed by atoms with Crippen LogP contribution in [0.5, 0.6) is 0 Å². The third-order valence-corrected chi connectivity index (χ3v) is 3.48. The van der Waals surface area contributed by atoms with Crippen molar-refractivity contribution in [2.45, 2.75) is 13.7 Å². The monoisotopic (exact) mass is 348 g/mol. The maximum absolute atomic E-state index is 11.7. The molecule has 0 atom stereocenters. The second-order valence-corrected chi connectivity index (χ2v) is 5.02. The van der Waals surface area contributed by atoms with Crippen molar-refractivity contribution in [3.63, 3.8) is 0 Å². The van der Waals surface area contributed by atoms with Gasteiger partial charge in [-0.3, -0.25) is 4.98 Å². The third-order valence-electron chi connectivity index (χ3n) is 3.48. The van der Waals surface area contributed by atoms with Crippen molar-refractivity contribution < 1.29 is 34.1 Å². The summed E-state index contributed by atoms with van der Waals surface area (Å²) in [6.07, 6.45) is 1.45. The fourth-order valence-corrected chi connectivity index (χ4v) is 2.43. The summed E-state index contributed by atoms with van der Waals surface area (Å²) in [6.45, 7) is 0.788. The molecule has 0 saturated heterocycles. The average Bonchev–Trinajstić information content (AvgIpc) is 2.87. The average molecular weight is 348 g/mol. The molecule has 9 heteroatoms. The number of nitrogens with zero attached hydrogens (tertiary/aromatic N) is 2. The standard InChI is InChI=1S/C16H16N2O7/c1-9-12(15(20)21)13(16(22)23)14(10-5-3-4-6-17-10)18(9)8-25-11(19)7-24-2/h3-6H,7-8H2,1-2H3,(H,20,21)(H,22,23). The molecule has 0 amide bonds. The lowest BCUT2D eigenvalue weighted by Crippen LogP contribution is -2.16. The van der Waals surface area contributed by atoms with Crippen LogP contribution in [0.15, 0.2) is 24.4 Å². The second-order valence-electron chi connectivity index (χ2n) is 5.02. The fraction of sp³-hybridized carbons (Fsp3) is 0.250. The van der Waals surface area contributed by atoms with Gasteiger partial charge < -0.3 is 24.3 Å². The van der Waals surface area contributed by atoms with Gasteiger partial charge in [0.05, 0.1) is 17.0 Å². The van der Waals surface area contributed by atoms with Gasteiger partial charge in [-0.1, -0.05) is 6.07 Å². The highest BCUT2D eigenvalue weighted by Crippen LogP contribution is 2.31. The van der Waals surface area contributed by atoms with E-state index in [1.807, 2.05) is 0 Å². The Morgan fingerprint density at radius 2 is 1.84 bits per heavy atom. The Morgan fingerprint density at radius 1 is 1.16 bits per heavy atom. The molecule has 0 aliphatic carbocycles. The number of hydrogen-bond acceptors (Lipinski definition) is 6. The molecule has 25 heavy (non-hydrogen) atoms. The van der Waals surface area contributed by atoms with Gasteiger partial charge in [0.2, 0.25) is 0 Å². The first kappa shape index (κ1) is 18.1. The summed E-state index contributed by atoms with van der Waals surface area (Å²) in [5.41, 5.74) is -0.357. The van der Waals surface area contributed by atoms with E-state index < -0.39 is 23.5 Å². The van der Waals surface area contributed by atoms with Crippen LogP contribution in [0.1, 0.15) is 26.4 Å². The molecule has 9 nitrogen and oxygen atoms in total. The molecule has 132 valence electrons. The molecule has 2 aromatic heterocycles. The first-order valence-corrected chi connectivity index (χ1v) is 7.14. The second kappa shape index (κ2) is 7.58. The van der Waals surface area contributed by atoms with Crippen LogP contribution in [0, 0.1) is 6.92 Å². The van der Waals surface area contributed by atoms with Crippen LogP contribution in [-0.2, 0) is 21.0 Å². The van der Waals surface area contributed by atoms with Crippen molar-refractivity contribution in [1.29, 1.82) is 0 Å². The topological polar surface area (TPSA) is 128 Å². The first-order chi connectivity index (χ1) is 11.9. The Morgan fingerprint density at radius 3 is 2.36 bits per heavy atom. The zero-order valence-corrected chi connectivity index (χ0v) is 13.6. The Labute approximate surface area is 142 Å². The number of methoxy groups -OCH3 is 1. The molecule has 2 heterocycles. The predicted molar refractivity (Wildman–Crippen MR) is 84.3 cm³/mol. The molecule has 0 bridgehead atoms. The van der Waals surface area contributed by atoms with Crippen molar-refractivity contribution in [3.05, 3.63) is 41.2 Å². The molecule has 0 aromatic carbocycles. The number of hydrogen-bond donors (Lipinski definition) is 2. The fourth-order valence-electron chi connectivity index (χ4n) is 2.43. The van der Waals surface area contributed by atoms with Gasteiger partial charge in [-0.25, -0.2) is 14.4 Å². The van der Waals surface area contributed by atoms with Crippen molar-refractivity contribution in [3.8, 4) is 11.4 Å². The first-order valence-electron chi connectivity index (χ1n) is 7.14. The summed E-state index contributed by atoms with van der Waals surface area (Å²) in [4.78, 5) is 38.9. The van der Waals surface area contributed by atoms with Gasteiger partial charge in [0.25, 0.3) is 0 Å². The largest absolute Gasteiger partial charge is 0.478 e. The Bertz CT molecular complexity index is 812. The quantitative estimate of drug-likeness (QED) is 0.719. The van der Waals surface area contributed by atoms with Gasteiger partial charge in [0.15, 0.2) is 6.73 Å². The molecule has 0 aliphatic rings. The van der Waals surface area contributed by atoms with Gasteiger partial charge >= 0.3 is 17.9 Å². The van der Waals surface area contributed by atoms with E-state index in [1.54, 1.807) is 18.2 Å². The number of aromatic nitrogens is 2. The summed E-state index contributed by atoms with van der Waals surface area (Å²) in [5, 5.41) is 18.9. The molecular formula is C16H16N2O7. The van der Waals surface area contributed by atoms with Crippen LogP contribution in [0.4, 0.5) is 0 Å². The van der Waals surface area contributed by atoms with Crippen LogP contribution in [0.25, 0.3) is 11.4 Å². The van der Waals surface area contributed by atoms with Crippen LogP contribution >= 0.6 is 0 Å². The molecule has 0 aliphatic heterocycles. The van der Waals surface area contributed by atoms with Crippen molar-refractivity contribution >= 4 is 17.9 Å². The smallest absolute Gasteiger partial charge is 0.338 e. The van der Waals surface area contributed by atoms with Gasteiger partial charge in [0, 0.05) is 19.0 Å². The van der Waals surface area contributed by atoms with E-state index in [0.29, 0.717) is 0 Å². The minimum atomic E-state index is -1.41. The normalized spacial score (nSPS) is 10.5. The lowest BCUT2D eigenvalue weighted by molar-refractivity contribution is -0.151. The number of carbonyl (C=O) groups is 3. The molecular weight excluding hydrogens is 332 g/mol. The van der Waals surface area contributed by atoms with Gasteiger partial charge in [-0.05, 0) is 19.1 Å². The van der Waals surface area contributed by atoms with E-state index in [2.05, 4.69) is 9.72 Å². The molecule has 2 N–H and O–H groups in total. The number of esters is 1. The van der Waals surface area contributed by atoms with Crippen molar-refractivity contribution in [1.82, 2.24) is 9.55 Å². The molecule has 0 radical (unpaired) electrons. The van der Waals surface area contributed by atoms with E-state index in [0.717, 1.165) is 0 Å². The van der Waals surface area contributed by atoms with E-state index in [9.17, 15) is 24.6 Å². The van der Waals surface area contributed by atoms with E-state index >= 15 is 0 Å². The number of carboxylic acids is 2. The van der Waals surface area contributed by atoms with E-state index in [4.69, 9.17) is 4.74 Å². The third kappa shape index (κ3) is 3.66. The molecule has 2 rings (SSSR count). The van der Waals surface area contributed by atoms with Crippen LogP contribution in [0.2, 0.25) is 0 Å². The molecule has 0 saturated carbocycles. The molecule has 0 spiro atoms. The highest BCUT2D eigenvalue weighted by Gasteiger charge is 2.30. The van der Waals surface area contributed by atoms with E-state index in [-0.39, 0.29) is 36.0 Å². The number of carbonyl (C=O) groups excluding carboxylic acids is 1. The summed E-state index contributed by atoms with van der Waals surface area (Å²) in [6, 6.07) is 4.82. The number of aromatic carboxylic acids is 2. The molecule has 0 unspecified atom stereocenters. The molecule has 2 aromatic rings. The predicted octanol–water partition coefficient (Wildman–Crippen LogP) is 1.40. The lowest BCUT2D eigenvalue weighted by atomic mass is 10.1. The number of carboxylic acid groups (broad SMARTS) is 2. The maximum Gasteiger partial charge on any atom is 0.338 e. The summed E-state index contributed by atoms with van der Waals surface area (Å²) in [7, 11) is 1.33. The zero-order chi connectivity index (χ0) is 18.6. The number of pyridine rings is 1. The Balaban J connectivity index is 2.64. The molecule has 0 fully saturated rings. The summed E-state index contributed by atoms with van der Waals surface area (Å²) in [5.74, 6) is -3.48. The SMILES string of the molecule is COCC(=O)OCn1c(C)c(C(=O)O)c(C(=O)O)c1-c1ccccn1. The van der Waals surface area contributed by atoms with Crippen LogP contribution in [0.3, 0.4) is 0 Å².